The second-order valence-electron chi connectivity index (χ2n) is 7.17. The van der Waals surface area contributed by atoms with Crippen LogP contribution < -0.4 is 9.47 Å². The Morgan fingerprint density at radius 3 is 1.02 bits per heavy atom. The van der Waals surface area contributed by atoms with Gasteiger partial charge >= 0.3 is 43.4 Å². The fourth-order valence-corrected chi connectivity index (χ4v) is 3.57. The van der Waals surface area contributed by atoms with Gasteiger partial charge in [0.1, 0.15) is 11.5 Å². The molecule has 228 valence electrons. The molecule has 0 saturated heterocycles. The molecular weight excluding hydrogens is 644 g/mol. The molecular formula is C19H10F12N2O6S2. The molecule has 2 aromatic rings. The quantitative estimate of drug-likeness (QED) is 0.211. The van der Waals surface area contributed by atoms with Crippen LogP contribution in [0.3, 0.4) is 0 Å². The molecule has 0 N–H and O–H groups in total. The van der Waals surface area contributed by atoms with E-state index in [2.05, 4.69) is 0 Å². The largest absolute Gasteiger partial charge is 0.518 e. The molecule has 8 nitrogen and oxygen atoms in total. The van der Waals surface area contributed by atoms with Crippen LogP contribution in [0.2, 0.25) is 0 Å². The van der Waals surface area contributed by atoms with Gasteiger partial charge < -0.3 is 9.47 Å². The van der Waals surface area contributed by atoms with Gasteiger partial charge in [0.25, 0.3) is 0 Å². The van der Waals surface area contributed by atoms with E-state index in [0.717, 1.165) is 24.3 Å². The number of hydrogen-bond donors (Lipinski definition) is 0. The molecule has 0 spiro atoms. The third-order valence-electron chi connectivity index (χ3n) is 4.25. The highest BCUT2D eigenvalue weighted by Crippen LogP contribution is 2.32. The third-order valence-corrected chi connectivity index (χ3v) is 6.27. The Labute approximate surface area is 221 Å². The molecule has 0 atom stereocenters. The molecule has 0 aromatic heterocycles. The molecule has 0 unspecified atom stereocenters. The fraction of sp³-hybridized carbons (Fsp3) is 0.263. The first kappa shape index (κ1) is 33.6. The van der Waals surface area contributed by atoms with E-state index in [-0.39, 0.29) is 11.5 Å². The molecule has 0 aliphatic carbocycles. The van der Waals surface area contributed by atoms with E-state index < -0.39 is 72.8 Å². The molecule has 2 aromatic carbocycles. The van der Waals surface area contributed by atoms with Crippen molar-refractivity contribution < 1.29 is 79.0 Å². The molecule has 0 aliphatic rings. The van der Waals surface area contributed by atoms with Crippen molar-refractivity contribution in [2.75, 3.05) is 6.79 Å². The fourth-order valence-electron chi connectivity index (χ4n) is 2.46. The summed E-state index contributed by atoms with van der Waals surface area (Å²) in [6.07, 6.45) is -11.2. The van der Waals surface area contributed by atoms with Gasteiger partial charge in [0.15, 0.2) is 11.4 Å². The minimum Gasteiger partial charge on any atom is -0.458 e. The number of halogens is 12. The maximum Gasteiger partial charge on any atom is 0.518 e. The van der Waals surface area contributed by atoms with Crippen molar-refractivity contribution >= 4 is 31.5 Å². The first-order valence-electron chi connectivity index (χ1n) is 9.78. The van der Waals surface area contributed by atoms with Crippen molar-refractivity contribution in [2.45, 2.75) is 23.4 Å². The lowest BCUT2D eigenvalue weighted by atomic mass is 10.1. The van der Waals surface area contributed by atoms with Crippen molar-refractivity contribution in [3.05, 3.63) is 59.7 Å². The summed E-state index contributed by atoms with van der Waals surface area (Å²) in [6.45, 7) is -0.802. The maximum absolute atomic E-state index is 13.1. The van der Waals surface area contributed by atoms with Crippen molar-refractivity contribution in [2.24, 2.45) is 8.80 Å². The smallest absolute Gasteiger partial charge is 0.458 e. The number of sulfonamides is 2. The lowest BCUT2D eigenvalue weighted by molar-refractivity contribution is -0.0594. The molecule has 41 heavy (non-hydrogen) atoms. The topological polar surface area (TPSA) is 111 Å². The van der Waals surface area contributed by atoms with Crippen molar-refractivity contribution in [3.8, 4) is 11.5 Å². The van der Waals surface area contributed by atoms with Gasteiger partial charge in [-0.2, -0.15) is 78.3 Å². The predicted molar refractivity (Wildman–Crippen MR) is 114 cm³/mol. The van der Waals surface area contributed by atoms with Gasteiger partial charge in [-0.15, -0.1) is 0 Å². The molecule has 2 rings (SSSR count). The molecule has 0 saturated carbocycles. The summed E-state index contributed by atoms with van der Waals surface area (Å²) in [5.74, 6) is -0.594. The number of ether oxygens (including phenoxy) is 2. The molecule has 0 radical (unpaired) electrons. The predicted octanol–water partition coefficient (Wildman–Crippen LogP) is 5.50. The normalized spacial score (nSPS) is 14.6. The summed E-state index contributed by atoms with van der Waals surface area (Å²) in [7, 11) is -13.1. The summed E-state index contributed by atoms with van der Waals surface area (Å²) >= 11 is 0. The summed E-state index contributed by atoms with van der Waals surface area (Å²) in [5.41, 5.74) is -19.2. The minimum absolute atomic E-state index is 0.297. The maximum atomic E-state index is 13.1. The highest BCUT2D eigenvalue weighted by Gasteiger charge is 2.50. The van der Waals surface area contributed by atoms with Crippen LogP contribution in [-0.2, 0) is 20.0 Å². The zero-order chi connectivity index (χ0) is 31.7. The number of nitrogens with zero attached hydrogens (tertiary/aromatic N) is 2. The van der Waals surface area contributed by atoms with Gasteiger partial charge in [0, 0.05) is 11.1 Å². The Bertz CT molecular complexity index is 1390. The summed E-state index contributed by atoms with van der Waals surface area (Å²) < 4.78 is 211. The Morgan fingerprint density at radius 1 is 0.537 bits per heavy atom. The molecule has 0 heterocycles. The van der Waals surface area contributed by atoms with Crippen LogP contribution in [0.25, 0.3) is 0 Å². The molecule has 22 heteroatoms. The van der Waals surface area contributed by atoms with Crippen LogP contribution in [0.1, 0.15) is 11.1 Å². The second kappa shape index (κ2) is 11.4. The lowest BCUT2D eigenvalue weighted by Gasteiger charge is -2.14. The highest BCUT2D eigenvalue weighted by atomic mass is 32.2. The SMILES string of the molecule is O=S(=O)(/N=C(/c1ccc(OCOc2ccc(/C(=N/S(=O)(=O)C(F)(F)F)C(F)(F)F)cc2)cc1)C(F)(F)F)C(F)(F)F. The van der Waals surface area contributed by atoms with E-state index in [1.807, 2.05) is 8.80 Å². The third kappa shape index (κ3) is 8.71. The first-order valence-corrected chi connectivity index (χ1v) is 12.7. The number of hydrogen-bond acceptors (Lipinski definition) is 6. The van der Waals surface area contributed by atoms with E-state index in [1.54, 1.807) is 0 Å². The summed E-state index contributed by atoms with van der Waals surface area (Å²) in [6, 6.07) is 5.02. The number of alkyl halides is 12. The van der Waals surface area contributed by atoms with Crippen molar-refractivity contribution in [3.63, 3.8) is 0 Å². The average Bonchev–Trinajstić information content (AvgIpc) is 2.79. The Hall–Kier alpha value is -3.56. The van der Waals surface area contributed by atoms with Gasteiger partial charge in [0.2, 0.25) is 6.79 Å². The van der Waals surface area contributed by atoms with E-state index in [1.165, 1.54) is 0 Å². The number of rotatable bonds is 8. The van der Waals surface area contributed by atoms with Crippen LogP contribution in [0.15, 0.2) is 57.3 Å². The Kier molecular flexibility index (Phi) is 9.33. The van der Waals surface area contributed by atoms with Crippen molar-refractivity contribution in [1.29, 1.82) is 0 Å². The van der Waals surface area contributed by atoms with Crippen LogP contribution >= 0.6 is 0 Å². The minimum atomic E-state index is -6.55. The Balaban J connectivity index is 2.18. The van der Waals surface area contributed by atoms with E-state index in [0.29, 0.717) is 24.3 Å². The second-order valence-corrected chi connectivity index (χ2v) is 10.4. The number of benzene rings is 2. The van der Waals surface area contributed by atoms with Crippen LogP contribution in [0, 0.1) is 0 Å². The zero-order valence-corrected chi connectivity index (χ0v) is 20.7. The van der Waals surface area contributed by atoms with Crippen LogP contribution in [0.4, 0.5) is 52.7 Å². The monoisotopic (exact) mass is 654 g/mol. The highest BCUT2D eigenvalue weighted by molar-refractivity contribution is 7.91. The van der Waals surface area contributed by atoms with E-state index in [9.17, 15) is 69.5 Å². The molecule has 0 amide bonds. The summed E-state index contributed by atoms with van der Waals surface area (Å²) in [5, 5.41) is 0. The van der Waals surface area contributed by atoms with Gasteiger partial charge in [-0.05, 0) is 48.5 Å². The van der Waals surface area contributed by atoms with E-state index >= 15 is 0 Å². The standard InChI is InChI=1S/C19H10F12N2O6S2/c20-16(21,22)14(32-40(34,35)18(26,27)28)10-1-5-12(6-2-10)38-9-39-13-7-3-11(4-8-13)15(17(23,24)25)33-41(36,37)19(29,30)31/h1-8H,9H2/b32-14-,33-15-. The van der Waals surface area contributed by atoms with E-state index in [4.69, 9.17) is 9.47 Å². The van der Waals surface area contributed by atoms with Gasteiger partial charge in [-0.1, -0.05) is 0 Å². The van der Waals surface area contributed by atoms with Gasteiger partial charge in [-0.25, -0.2) is 0 Å². The van der Waals surface area contributed by atoms with Crippen molar-refractivity contribution in [1.82, 2.24) is 0 Å². The Morgan fingerprint density at radius 2 is 0.805 bits per heavy atom. The summed E-state index contributed by atoms with van der Waals surface area (Å²) in [4.78, 5) is 0. The molecule has 0 aliphatic heterocycles. The average molecular weight is 654 g/mol. The first-order chi connectivity index (χ1) is 18.4. The van der Waals surface area contributed by atoms with Gasteiger partial charge in [0.05, 0.1) is 0 Å². The molecule has 0 bridgehead atoms. The molecule has 0 fully saturated rings. The zero-order valence-electron chi connectivity index (χ0n) is 19.0. The lowest BCUT2D eigenvalue weighted by Crippen LogP contribution is -2.29. The van der Waals surface area contributed by atoms with Gasteiger partial charge in [-0.3, -0.25) is 0 Å². The van der Waals surface area contributed by atoms with Crippen LogP contribution in [0.5, 0.6) is 11.5 Å². The van der Waals surface area contributed by atoms with Crippen LogP contribution in [-0.4, -0.2) is 58.4 Å².